The number of anilines is 1. The number of aliphatic hydroxyl groups excluding tert-OH is 1. The maximum atomic E-state index is 10.3. The van der Waals surface area contributed by atoms with E-state index in [4.69, 9.17) is 4.74 Å². The van der Waals surface area contributed by atoms with Gasteiger partial charge in [-0.1, -0.05) is 24.3 Å². The summed E-state index contributed by atoms with van der Waals surface area (Å²) in [6.07, 6.45) is -0.470. The number of aliphatic hydroxyl groups is 1. The Morgan fingerprint density at radius 3 is 2.46 bits per heavy atom. The predicted molar refractivity (Wildman–Crippen MR) is 107 cm³/mol. The van der Waals surface area contributed by atoms with Gasteiger partial charge < -0.3 is 14.7 Å². The fourth-order valence-electron chi connectivity index (χ4n) is 3.50. The molecule has 2 aromatic carbocycles. The van der Waals surface area contributed by atoms with Gasteiger partial charge >= 0.3 is 0 Å². The maximum Gasteiger partial charge on any atom is 0.119 e. The third kappa shape index (κ3) is 4.77. The highest BCUT2D eigenvalue weighted by atomic mass is 16.5. The average molecular weight is 354 g/mol. The number of aryl methyl sites for hydroxylation is 2. The molecule has 0 aliphatic carbocycles. The lowest BCUT2D eigenvalue weighted by Gasteiger charge is -2.37. The van der Waals surface area contributed by atoms with Crippen LogP contribution in [0.1, 0.15) is 16.7 Å². The van der Waals surface area contributed by atoms with Crippen LogP contribution >= 0.6 is 0 Å². The van der Waals surface area contributed by atoms with Crippen molar-refractivity contribution in [2.24, 2.45) is 0 Å². The normalized spacial score (nSPS) is 16.5. The summed E-state index contributed by atoms with van der Waals surface area (Å²) in [5, 5.41) is 10.3. The number of ether oxygens (including phenoxy) is 1. The first-order valence-corrected chi connectivity index (χ1v) is 9.44. The molecule has 0 spiro atoms. The van der Waals surface area contributed by atoms with Gasteiger partial charge in [-0.15, -0.1) is 0 Å². The summed E-state index contributed by atoms with van der Waals surface area (Å²) >= 11 is 0. The van der Waals surface area contributed by atoms with E-state index in [1.807, 2.05) is 31.2 Å². The number of hydrogen-bond donors (Lipinski definition) is 1. The molecular formula is C22H30N2O2. The van der Waals surface area contributed by atoms with Crippen LogP contribution in [0.4, 0.5) is 5.69 Å². The Hall–Kier alpha value is -2.04. The van der Waals surface area contributed by atoms with Crippen molar-refractivity contribution in [2.75, 3.05) is 44.2 Å². The second kappa shape index (κ2) is 8.56. The van der Waals surface area contributed by atoms with Crippen molar-refractivity contribution in [3.05, 3.63) is 59.2 Å². The summed E-state index contributed by atoms with van der Waals surface area (Å²) in [4.78, 5) is 4.78. The van der Waals surface area contributed by atoms with E-state index in [0.717, 1.165) is 31.9 Å². The number of β-amino-alcohol motifs (C(OH)–C–C–N with tert-alkyl or cyclic N) is 1. The third-order valence-electron chi connectivity index (χ3n) is 5.19. The molecule has 1 N–H and O–H groups in total. The summed E-state index contributed by atoms with van der Waals surface area (Å²) in [5.41, 5.74) is 5.22. The van der Waals surface area contributed by atoms with Crippen LogP contribution in [0, 0.1) is 20.8 Å². The molecule has 1 heterocycles. The number of rotatable bonds is 6. The van der Waals surface area contributed by atoms with E-state index in [9.17, 15) is 5.11 Å². The zero-order chi connectivity index (χ0) is 18.5. The fraction of sp³-hybridized carbons (Fsp3) is 0.455. The molecule has 1 unspecified atom stereocenters. The molecule has 140 valence electrons. The molecular weight excluding hydrogens is 324 g/mol. The van der Waals surface area contributed by atoms with Gasteiger partial charge in [-0.2, -0.15) is 0 Å². The van der Waals surface area contributed by atoms with Crippen LogP contribution in [-0.4, -0.2) is 55.4 Å². The van der Waals surface area contributed by atoms with Crippen molar-refractivity contribution >= 4 is 5.69 Å². The number of hydrogen-bond acceptors (Lipinski definition) is 4. The fourth-order valence-corrected chi connectivity index (χ4v) is 3.50. The van der Waals surface area contributed by atoms with E-state index in [1.54, 1.807) is 0 Å². The minimum Gasteiger partial charge on any atom is -0.491 e. The van der Waals surface area contributed by atoms with Crippen LogP contribution in [0.25, 0.3) is 0 Å². The largest absolute Gasteiger partial charge is 0.491 e. The van der Waals surface area contributed by atoms with Crippen LogP contribution < -0.4 is 9.64 Å². The van der Waals surface area contributed by atoms with Crippen molar-refractivity contribution in [2.45, 2.75) is 26.9 Å². The molecule has 3 rings (SSSR count). The van der Waals surface area contributed by atoms with Gasteiger partial charge in [0.25, 0.3) is 0 Å². The predicted octanol–water partition coefficient (Wildman–Crippen LogP) is 3.17. The molecule has 26 heavy (non-hydrogen) atoms. The van der Waals surface area contributed by atoms with Crippen LogP contribution in [0.5, 0.6) is 5.75 Å². The molecule has 0 saturated carbocycles. The quantitative estimate of drug-likeness (QED) is 0.864. The summed E-state index contributed by atoms with van der Waals surface area (Å²) in [6, 6.07) is 14.5. The van der Waals surface area contributed by atoms with Crippen molar-refractivity contribution in [3.8, 4) is 5.75 Å². The minimum atomic E-state index is -0.470. The molecule has 1 aliphatic rings. The Labute approximate surface area is 157 Å². The number of nitrogens with zero attached hydrogens (tertiary/aromatic N) is 2. The molecule has 2 aromatic rings. The lowest BCUT2D eigenvalue weighted by Crippen LogP contribution is -2.49. The summed E-state index contributed by atoms with van der Waals surface area (Å²) in [5.74, 6) is 0.823. The molecule has 1 atom stereocenters. The first-order chi connectivity index (χ1) is 12.5. The molecule has 1 aliphatic heterocycles. The van der Waals surface area contributed by atoms with Crippen molar-refractivity contribution in [1.82, 2.24) is 4.90 Å². The molecule has 1 saturated heterocycles. The van der Waals surface area contributed by atoms with Gasteiger partial charge in [-0.3, -0.25) is 4.90 Å². The van der Waals surface area contributed by atoms with E-state index < -0.39 is 6.10 Å². The third-order valence-corrected chi connectivity index (χ3v) is 5.19. The van der Waals surface area contributed by atoms with E-state index in [1.165, 1.54) is 22.4 Å². The van der Waals surface area contributed by atoms with Crippen LogP contribution in [-0.2, 0) is 0 Å². The lowest BCUT2D eigenvalue weighted by atomic mass is 10.1. The Balaban J connectivity index is 1.45. The summed E-state index contributed by atoms with van der Waals surface area (Å²) < 4.78 is 5.72. The summed E-state index contributed by atoms with van der Waals surface area (Å²) in [6.45, 7) is 11.3. The molecule has 0 aromatic heterocycles. The van der Waals surface area contributed by atoms with Gasteiger partial charge in [0, 0.05) is 38.4 Å². The Morgan fingerprint density at radius 1 is 1.00 bits per heavy atom. The minimum absolute atomic E-state index is 0.334. The van der Waals surface area contributed by atoms with Gasteiger partial charge in [0.2, 0.25) is 0 Å². The monoisotopic (exact) mass is 354 g/mol. The molecule has 0 amide bonds. The van der Waals surface area contributed by atoms with Crippen LogP contribution in [0.3, 0.4) is 0 Å². The van der Waals surface area contributed by atoms with Gasteiger partial charge in [-0.25, -0.2) is 0 Å². The van der Waals surface area contributed by atoms with E-state index >= 15 is 0 Å². The van der Waals surface area contributed by atoms with E-state index in [0.29, 0.717) is 13.2 Å². The highest BCUT2D eigenvalue weighted by Gasteiger charge is 2.20. The van der Waals surface area contributed by atoms with Gasteiger partial charge in [0.05, 0.1) is 0 Å². The standard InChI is InChI=1S/C22H30N2O2/c1-17-6-4-8-21(14-17)26-16-20(25)15-23-10-12-24(13-11-23)22-9-5-7-18(2)19(22)3/h4-9,14,20,25H,10-13,15-16H2,1-3H3. The highest BCUT2D eigenvalue weighted by molar-refractivity contribution is 5.56. The molecule has 0 radical (unpaired) electrons. The zero-order valence-electron chi connectivity index (χ0n) is 16.1. The van der Waals surface area contributed by atoms with E-state index in [2.05, 4.69) is 41.8 Å². The van der Waals surface area contributed by atoms with Gasteiger partial charge in [0.15, 0.2) is 0 Å². The molecule has 4 nitrogen and oxygen atoms in total. The first-order valence-electron chi connectivity index (χ1n) is 9.44. The van der Waals surface area contributed by atoms with E-state index in [-0.39, 0.29) is 0 Å². The highest BCUT2D eigenvalue weighted by Crippen LogP contribution is 2.23. The smallest absolute Gasteiger partial charge is 0.119 e. The topological polar surface area (TPSA) is 35.9 Å². The van der Waals surface area contributed by atoms with Gasteiger partial charge in [0.1, 0.15) is 18.5 Å². The molecule has 4 heteroatoms. The van der Waals surface area contributed by atoms with Crippen LogP contribution in [0.15, 0.2) is 42.5 Å². The zero-order valence-corrected chi connectivity index (χ0v) is 16.1. The van der Waals surface area contributed by atoms with Gasteiger partial charge in [-0.05, 0) is 55.7 Å². The van der Waals surface area contributed by atoms with Crippen molar-refractivity contribution < 1.29 is 9.84 Å². The Bertz CT molecular complexity index is 724. The Morgan fingerprint density at radius 2 is 1.73 bits per heavy atom. The second-order valence-electron chi connectivity index (χ2n) is 7.29. The first kappa shape index (κ1) is 18.7. The molecule has 1 fully saturated rings. The SMILES string of the molecule is Cc1cccc(OCC(O)CN2CCN(c3cccc(C)c3C)CC2)c1. The average Bonchev–Trinajstić information content (AvgIpc) is 2.63. The molecule has 0 bridgehead atoms. The Kier molecular flexibility index (Phi) is 6.17. The number of benzene rings is 2. The van der Waals surface area contributed by atoms with Crippen molar-refractivity contribution in [1.29, 1.82) is 0 Å². The van der Waals surface area contributed by atoms with Crippen molar-refractivity contribution in [3.63, 3.8) is 0 Å². The lowest BCUT2D eigenvalue weighted by molar-refractivity contribution is 0.0663. The van der Waals surface area contributed by atoms with Crippen LogP contribution in [0.2, 0.25) is 0 Å². The number of piperazine rings is 1. The second-order valence-corrected chi connectivity index (χ2v) is 7.29. The maximum absolute atomic E-state index is 10.3. The summed E-state index contributed by atoms with van der Waals surface area (Å²) in [7, 11) is 0.